The molecule has 30 heavy (non-hydrogen) atoms. The highest BCUT2D eigenvalue weighted by Gasteiger charge is 2.21. The molecule has 0 aliphatic carbocycles. The Morgan fingerprint density at radius 3 is 2.57 bits per heavy atom. The van der Waals surface area contributed by atoms with Crippen molar-refractivity contribution in [3.05, 3.63) is 78.8 Å². The van der Waals surface area contributed by atoms with E-state index >= 15 is 0 Å². The Balaban J connectivity index is 1.30. The lowest BCUT2D eigenvalue weighted by Crippen LogP contribution is -2.27. The summed E-state index contributed by atoms with van der Waals surface area (Å²) in [6.45, 7) is 1.24. The van der Waals surface area contributed by atoms with Crippen molar-refractivity contribution in [3.63, 3.8) is 0 Å². The minimum Gasteiger partial charge on any atom is -0.336 e. The molecule has 0 saturated carbocycles. The second-order valence-electron chi connectivity index (χ2n) is 6.89. The number of urea groups is 1. The molecule has 1 aliphatic heterocycles. The number of fused-ring (bicyclic) bond motifs is 1. The first-order valence-corrected chi connectivity index (χ1v) is 9.54. The zero-order valence-electron chi connectivity index (χ0n) is 15.9. The van der Waals surface area contributed by atoms with Gasteiger partial charge in [0.15, 0.2) is 0 Å². The third kappa shape index (κ3) is 3.24. The highest BCUT2D eigenvalue weighted by Crippen LogP contribution is 2.20. The first kappa shape index (κ1) is 17.9. The number of hydrogen-bond acceptors (Lipinski definition) is 4. The van der Waals surface area contributed by atoms with Crippen LogP contribution in [0.3, 0.4) is 0 Å². The minimum absolute atomic E-state index is 0.121. The third-order valence-electron chi connectivity index (χ3n) is 5.00. The summed E-state index contributed by atoms with van der Waals surface area (Å²) in [6.07, 6.45) is 3.35. The van der Waals surface area contributed by atoms with E-state index in [1.807, 2.05) is 34.9 Å². The van der Waals surface area contributed by atoms with Crippen molar-refractivity contribution in [2.45, 2.75) is 0 Å². The normalized spacial score (nSPS) is 13.5. The van der Waals surface area contributed by atoms with Gasteiger partial charge in [0, 0.05) is 24.3 Å². The van der Waals surface area contributed by atoms with Gasteiger partial charge < -0.3 is 10.6 Å². The summed E-state index contributed by atoms with van der Waals surface area (Å²) >= 11 is 0. The van der Waals surface area contributed by atoms with Crippen molar-refractivity contribution in [3.8, 4) is 5.82 Å². The molecule has 5 rings (SSSR count). The second-order valence-corrected chi connectivity index (χ2v) is 6.89. The van der Waals surface area contributed by atoms with Gasteiger partial charge in [0.25, 0.3) is 5.91 Å². The number of imidazole rings is 1. The average Bonchev–Trinajstić information content (AvgIpc) is 3.41. The zero-order valence-corrected chi connectivity index (χ0v) is 15.9. The molecule has 1 saturated heterocycles. The van der Waals surface area contributed by atoms with Crippen molar-refractivity contribution < 1.29 is 9.59 Å². The summed E-state index contributed by atoms with van der Waals surface area (Å²) in [4.78, 5) is 34.8. The maximum atomic E-state index is 12.6. The van der Waals surface area contributed by atoms with Crippen LogP contribution in [0.4, 0.5) is 16.2 Å². The number of carbonyl (C=O) groups excluding carboxylic acids is 2. The number of benzene rings is 2. The lowest BCUT2D eigenvalue weighted by atomic mass is 10.2. The van der Waals surface area contributed by atoms with Crippen LogP contribution < -0.4 is 15.5 Å². The number of hydrogen-bond donors (Lipinski definition) is 2. The number of aromatic nitrogens is 3. The number of carbonyl (C=O) groups is 2. The Labute approximate surface area is 172 Å². The van der Waals surface area contributed by atoms with Gasteiger partial charge in [-0.25, -0.2) is 14.8 Å². The van der Waals surface area contributed by atoms with Gasteiger partial charge in [-0.1, -0.05) is 12.1 Å². The van der Waals surface area contributed by atoms with Crippen LogP contribution in [0.15, 0.2) is 73.2 Å². The molecular formula is C22H18N6O2. The van der Waals surface area contributed by atoms with Crippen LogP contribution in [-0.2, 0) is 0 Å². The van der Waals surface area contributed by atoms with Crippen LogP contribution >= 0.6 is 0 Å². The SMILES string of the molecule is O=C(Nc1ccc(-n2cnc3ccccc32)nc1)c1ccc(N2CCNC2=O)cc1. The largest absolute Gasteiger partial charge is 0.336 e. The van der Waals surface area contributed by atoms with E-state index in [1.54, 1.807) is 47.8 Å². The predicted octanol–water partition coefficient (Wildman–Crippen LogP) is 3.20. The van der Waals surface area contributed by atoms with E-state index in [-0.39, 0.29) is 11.9 Å². The molecule has 148 valence electrons. The van der Waals surface area contributed by atoms with Crippen molar-refractivity contribution in [2.24, 2.45) is 0 Å². The summed E-state index contributed by atoms with van der Waals surface area (Å²) < 4.78 is 1.90. The molecule has 0 spiro atoms. The van der Waals surface area contributed by atoms with Crippen LogP contribution in [0.25, 0.3) is 16.9 Å². The van der Waals surface area contributed by atoms with Crippen molar-refractivity contribution in [1.29, 1.82) is 0 Å². The van der Waals surface area contributed by atoms with Gasteiger partial charge in [0.1, 0.15) is 12.1 Å². The van der Waals surface area contributed by atoms with E-state index in [2.05, 4.69) is 20.6 Å². The summed E-state index contributed by atoms with van der Waals surface area (Å²) in [5, 5.41) is 5.60. The summed E-state index contributed by atoms with van der Waals surface area (Å²) in [7, 11) is 0. The minimum atomic E-state index is -0.241. The van der Waals surface area contributed by atoms with Crippen molar-refractivity contribution in [1.82, 2.24) is 19.9 Å². The fourth-order valence-corrected chi connectivity index (χ4v) is 3.46. The standard InChI is InChI=1S/C22H18N6O2/c29-21(15-5-8-17(9-6-15)27-12-11-23-22(27)30)26-16-7-10-20(24-13-16)28-14-25-18-3-1-2-4-19(18)28/h1-10,13-14H,11-12H2,(H,23,30)(H,26,29). The fourth-order valence-electron chi connectivity index (χ4n) is 3.46. The molecule has 0 bridgehead atoms. The quantitative estimate of drug-likeness (QED) is 0.552. The Bertz CT molecular complexity index is 1230. The number of nitrogens with zero attached hydrogens (tertiary/aromatic N) is 4. The third-order valence-corrected chi connectivity index (χ3v) is 5.00. The molecule has 3 heterocycles. The number of nitrogens with one attached hydrogen (secondary N) is 2. The maximum Gasteiger partial charge on any atom is 0.321 e. The van der Waals surface area contributed by atoms with Gasteiger partial charge in [-0.05, 0) is 48.5 Å². The van der Waals surface area contributed by atoms with Crippen LogP contribution in [0, 0.1) is 0 Å². The topological polar surface area (TPSA) is 92.2 Å². The summed E-state index contributed by atoms with van der Waals surface area (Å²) in [5.41, 5.74) is 3.72. The number of para-hydroxylation sites is 2. The number of pyridine rings is 1. The monoisotopic (exact) mass is 398 g/mol. The van der Waals surface area contributed by atoms with Crippen LogP contribution in [0.2, 0.25) is 0 Å². The van der Waals surface area contributed by atoms with E-state index in [4.69, 9.17) is 0 Å². The van der Waals surface area contributed by atoms with Crippen LogP contribution in [0.1, 0.15) is 10.4 Å². The maximum absolute atomic E-state index is 12.6. The molecule has 2 aromatic heterocycles. The van der Waals surface area contributed by atoms with Crippen LogP contribution in [-0.4, -0.2) is 39.6 Å². The van der Waals surface area contributed by atoms with E-state index in [1.165, 1.54) is 0 Å². The Morgan fingerprint density at radius 2 is 1.83 bits per heavy atom. The van der Waals surface area contributed by atoms with Gasteiger partial charge in [-0.2, -0.15) is 0 Å². The molecule has 4 aromatic rings. The molecule has 2 N–H and O–H groups in total. The van der Waals surface area contributed by atoms with E-state index in [0.717, 1.165) is 22.5 Å². The fraction of sp³-hybridized carbons (Fsp3) is 0.0909. The summed E-state index contributed by atoms with van der Waals surface area (Å²) in [5.74, 6) is 0.477. The molecule has 8 nitrogen and oxygen atoms in total. The van der Waals surface area contributed by atoms with Crippen LogP contribution in [0.5, 0.6) is 0 Å². The first-order chi connectivity index (χ1) is 14.7. The smallest absolute Gasteiger partial charge is 0.321 e. The van der Waals surface area contributed by atoms with Gasteiger partial charge in [-0.3, -0.25) is 14.3 Å². The molecular weight excluding hydrogens is 380 g/mol. The molecule has 3 amide bonds. The van der Waals surface area contributed by atoms with Crippen molar-refractivity contribution >= 4 is 34.3 Å². The average molecular weight is 398 g/mol. The summed E-state index contributed by atoms with van der Waals surface area (Å²) in [6, 6.07) is 18.3. The molecule has 0 radical (unpaired) electrons. The van der Waals surface area contributed by atoms with E-state index < -0.39 is 0 Å². The lowest BCUT2D eigenvalue weighted by molar-refractivity contribution is 0.102. The second kappa shape index (κ2) is 7.32. The highest BCUT2D eigenvalue weighted by molar-refractivity contribution is 6.04. The highest BCUT2D eigenvalue weighted by atomic mass is 16.2. The Kier molecular flexibility index (Phi) is 4.36. The molecule has 8 heteroatoms. The van der Waals surface area contributed by atoms with Gasteiger partial charge in [0.2, 0.25) is 0 Å². The number of anilines is 2. The zero-order chi connectivity index (χ0) is 20.5. The van der Waals surface area contributed by atoms with E-state index in [0.29, 0.717) is 24.3 Å². The van der Waals surface area contributed by atoms with Gasteiger partial charge >= 0.3 is 6.03 Å². The molecule has 0 unspecified atom stereocenters. The number of rotatable bonds is 4. The number of amides is 3. The lowest BCUT2D eigenvalue weighted by Gasteiger charge is -2.14. The molecule has 2 aromatic carbocycles. The van der Waals surface area contributed by atoms with Gasteiger partial charge in [0.05, 0.1) is 22.9 Å². The first-order valence-electron chi connectivity index (χ1n) is 9.54. The molecule has 0 atom stereocenters. The molecule has 1 fully saturated rings. The predicted molar refractivity (Wildman–Crippen MR) is 114 cm³/mol. The van der Waals surface area contributed by atoms with Crippen molar-refractivity contribution in [2.75, 3.05) is 23.3 Å². The Hall–Kier alpha value is -4.20. The molecule has 1 aliphatic rings. The Morgan fingerprint density at radius 1 is 1.00 bits per heavy atom. The van der Waals surface area contributed by atoms with E-state index in [9.17, 15) is 9.59 Å². The van der Waals surface area contributed by atoms with Gasteiger partial charge in [-0.15, -0.1) is 0 Å².